The highest BCUT2D eigenvalue weighted by Crippen LogP contribution is 2.27. The van der Waals surface area contributed by atoms with Crippen molar-refractivity contribution in [3.8, 4) is 5.75 Å². The van der Waals surface area contributed by atoms with Gasteiger partial charge in [-0.3, -0.25) is 14.9 Å². The number of carbonyl (C=O) groups excluding carboxylic acids is 2. The average molecular weight is 313 g/mol. The Morgan fingerprint density at radius 1 is 1.44 bits per heavy atom. The van der Waals surface area contributed by atoms with Crippen molar-refractivity contribution in [2.45, 2.75) is 25.4 Å². The molecule has 1 unspecified atom stereocenters. The molecule has 1 saturated heterocycles. The molecule has 1 atom stereocenters. The van der Waals surface area contributed by atoms with Gasteiger partial charge in [-0.1, -0.05) is 12.1 Å². The first-order valence-electron chi connectivity index (χ1n) is 5.61. The molecule has 0 aliphatic carbocycles. The summed E-state index contributed by atoms with van der Waals surface area (Å²) in [4.78, 5) is 22.5. The van der Waals surface area contributed by atoms with Gasteiger partial charge in [0.1, 0.15) is 5.75 Å². The van der Waals surface area contributed by atoms with E-state index in [1.807, 2.05) is 6.07 Å². The summed E-state index contributed by atoms with van der Waals surface area (Å²) >= 11 is 3.23. The summed E-state index contributed by atoms with van der Waals surface area (Å²) in [6.07, 6.45) is 0.827. The van der Waals surface area contributed by atoms with Crippen molar-refractivity contribution in [2.24, 2.45) is 0 Å². The first kappa shape index (κ1) is 13.0. The van der Waals surface area contributed by atoms with Gasteiger partial charge in [-0.05, 0) is 28.4 Å². The normalized spacial score (nSPS) is 19.7. The van der Waals surface area contributed by atoms with E-state index in [4.69, 9.17) is 0 Å². The zero-order chi connectivity index (χ0) is 13.1. The number of carbonyl (C=O) groups is 2. The number of piperidine rings is 1. The fourth-order valence-electron chi connectivity index (χ4n) is 1.82. The molecule has 1 aliphatic heterocycles. The lowest BCUT2D eigenvalue weighted by molar-refractivity contribution is -0.134. The number of nitrogens with one attached hydrogen (secondary N) is 2. The molecule has 1 aromatic rings. The van der Waals surface area contributed by atoms with E-state index in [-0.39, 0.29) is 23.6 Å². The number of benzene rings is 1. The number of para-hydroxylation sites is 1. The predicted octanol–water partition coefficient (Wildman–Crippen LogP) is 1.05. The van der Waals surface area contributed by atoms with Gasteiger partial charge in [0, 0.05) is 18.5 Å². The van der Waals surface area contributed by atoms with E-state index in [2.05, 4.69) is 26.6 Å². The Morgan fingerprint density at radius 3 is 2.94 bits per heavy atom. The minimum Gasteiger partial charge on any atom is -0.506 e. The van der Waals surface area contributed by atoms with Gasteiger partial charge in [-0.25, -0.2) is 0 Å². The Hall–Kier alpha value is -1.40. The third-order valence-corrected chi connectivity index (χ3v) is 3.49. The maximum absolute atomic E-state index is 11.5. The molecule has 1 aromatic carbocycles. The van der Waals surface area contributed by atoms with E-state index >= 15 is 0 Å². The van der Waals surface area contributed by atoms with Gasteiger partial charge in [-0.15, -0.1) is 0 Å². The number of phenolic OH excluding ortho intramolecular Hbond substituents is 1. The molecule has 96 valence electrons. The van der Waals surface area contributed by atoms with E-state index in [1.54, 1.807) is 12.1 Å². The van der Waals surface area contributed by atoms with Gasteiger partial charge in [0.2, 0.25) is 11.8 Å². The van der Waals surface area contributed by atoms with E-state index in [0.29, 0.717) is 29.4 Å². The van der Waals surface area contributed by atoms with Crippen LogP contribution < -0.4 is 10.6 Å². The SMILES string of the molecule is O=C1CCC(NCc2cccc(Br)c2O)C(=O)N1. The van der Waals surface area contributed by atoms with Crippen molar-refractivity contribution >= 4 is 27.7 Å². The lowest BCUT2D eigenvalue weighted by Crippen LogP contribution is -2.50. The Labute approximate surface area is 113 Å². The topological polar surface area (TPSA) is 78.4 Å². The summed E-state index contributed by atoms with van der Waals surface area (Å²) in [5, 5.41) is 15.1. The number of phenols is 1. The van der Waals surface area contributed by atoms with Crippen LogP contribution in [0.1, 0.15) is 18.4 Å². The van der Waals surface area contributed by atoms with Gasteiger partial charge in [0.15, 0.2) is 0 Å². The van der Waals surface area contributed by atoms with Crippen LogP contribution in [0.25, 0.3) is 0 Å². The molecule has 3 N–H and O–H groups in total. The summed E-state index contributed by atoms with van der Waals surface area (Å²) in [6.45, 7) is 0.373. The third-order valence-electron chi connectivity index (χ3n) is 2.85. The third kappa shape index (κ3) is 2.88. The fraction of sp³-hybridized carbons (Fsp3) is 0.333. The Bertz CT molecular complexity index is 490. The van der Waals surface area contributed by atoms with Crippen LogP contribution in [0.2, 0.25) is 0 Å². The van der Waals surface area contributed by atoms with Crippen molar-refractivity contribution < 1.29 is 14.7 Å². The van der Waals surface area contributed by atoms with Crippen LogP contribution in [0, 0.1) is 0 Å². The number of amides is 2. The van der Waals surface area contributed by atoms with Crippen molar-refractivity contribution in [3.63, 3.8) is 0 Å². The van der Waals surface area contributed by atoms with Crippen LogP contribution in [0.15, 0.2) is 22.7 Å². The Morgan fingerprint density at radius 2 is 2.22 bits per heavy atom. The second-order valence-corrected chi connectivity index (χ2v) is 4.99. The molecule has 0 saturated carbocycles. The van der Waals surface area contributed by atoms with Crippen LogP contribution >= 0.6 is 15.9 Å². The minimum atomic E-state index is -0.388. The Kier molecular flexibility index (Phi) is 3.98. The maximum Gasteiger partial charge on any atom is 0.243 e. The van der Waals surface area contributed by atoms with Crippen LogP contribution in [0.3, 0.4) is 0 Å². The van der Waals surface area contributed by atoms with Crippen LogP contribution in [0.4, 0.5) is 0 Å². The number of rotatable bonds is 3. The second kappa shape index (κ2) is 5.49. The summed E-state index contributed by atoms with van der Waals surface area (Å²) in [6, 6.07) is 4.94. The highest BCUT2D eigenvalue weighted by Gasteiger charge is 2.26. The lowest BCUT2D eigenvalue weighted by atomic mass is 10.1. The van der Waals surface area contributed by atoms with Crippen LogP contribution in [-0.4, -0.2) is 23.0 Å². The first-order chi connectivity index (χ1) is 8.58. The monoisotopic (exact) mass is 312 g/mol. The molecule has 2 rings (SSSR count). The van der Waals surface area contributed by atoms with Gasteiger partial charge in [-0.2, -0.15) is 0 Å². The zero-order valence-electron chi connectivity index (χ0n) is 9.57. The minimum absolute atomic E-state index is 0.164. The molecule has 0 bridgehead atoms. The van der Waals surface area contributed by atoms with Gasteiger partial charge in [0.25, 0.3) is 0 Å². The molecule has 0 spiro atoms. The Balaban J connectivity index is 1.97. The van der Waals surface area contributed by atoms with Crippen LogP contribution in [-0.2, 0) is 16.1 Å². The standard InChI is InChI=1S/C12H13BrN2O3/c13-8-3-1-2-7(11(8)17)6-14-9-4-5-10(16)15-12(9)18/h1-3,9,14,17H,4-6H2,(H,15,16,18). The van der Waals surface area contributed by atoms with Crippen LogP contribution in [0.5, 0.6) is 5.75 Å². The molecular formula is C12H13BrN2O3. The summed E-state index contributed by atoms with van der Waals surface area (Å²) < 4.78 is 0.616. The van der Waals surface area contributed by atoms with Gasteiger partial charge >= 0.3 is 0 Å². The fourth-order valence-corrected chi connectivity index (χ4v) is 2.23. The first-order valence-corrected chi connectivity index (χ1v) is 6.40. The molecule has 0 aromatic heterocycles. The molecule has 2 amide bonds. The summed E-state index contributed by atoms with van der Waals surface area (Å²) in [7, 11) is 0. The molecule has 5 nitrogen and oxygen atoms in total. The average Bonchev–Trinajstić information content (AvgIpc) is 2.33. The molecular weight excluding hydrogens is 300 g/mol. The number of hydrogen-bond acceptors (Lipinski definition) is 4. The number of aromatic hydroxyl groups is 1. The summed E-state index contributed by atoms with van der Waals surface area (Å²) in [5.41, 5.74) is 0.703. The van der Waals surface area contributed by atoms with Gasteiger partial charge in [0.05, 0.1) is 10.5 Å². The van der Waals surface area contributed by atoms with Gasteiger partial charge < -0.3 is 10.4 Å². The molecule has 1 aliphatic rings. The highest BCUT2D eigenvalue weighted by molar-refractivity contribution is 9.10. The highest BCUT2D eigenvalue weighted by atomic mass is 79.9. The second-order valence-electron chi connectivity index (χ2n) is 4.13. The largest absolute Gasteiger partial charge is 0.506 e. The van der Waals surface area contributed by atoms with Crippen molar-refractivity contribution in [1.82, 2.24) is 10.6 Å². The maximum atomic E-state index is 11.5. The van der Waals surface area contributed by atoms with E-state index < -0.39 is 0 Å². The van der Waals surface area contributed by atoms with Crippen molar-refractivity contribution in [3.05, 3.63) is 28.2 Å². The quantitative estimate of drug-likeness (QED) is 0.729. The molecule has 6 heteroatoms. The number of hydrogen-bond donors (Lipinski definition) is 3. The predicted molar refractivity (Wildman–Crippen MR) is 68.8 cm³/mol. The van der Waals surface area contributed by atoms with E-state index in [9.17, 15) is 14.7 Å². The van der Waals surface area contributed by atoms with Crippen molar-refractivity contribution in [2.75, 3.05) is 0 Å². The zero-order valence-corrected chi connectivity index (χ0v) is 11.2. The molecule has 1 heterocycles. The number of imide groups is 1. The molecule has 0 radical (unpaired) electrons. The smallest absolute Gasteiger partial charge is 0.243 e. The van der Waals surface area contributed by atoms with E-state index in [1.165, 1.54) is 0 Å². The lowest BCUT2D eigenvalue weighted by Gasteiger charge is -2.22. The molecule has 1 fully saturated rings. The number of halogens is 1. The van der Waals surface area contributed by atoms with E-state index in [0.717, 1.165) is 0 Å². The van der Waals surface area contributed by atoms with Crippen molar-refractivity contribution in [1.29, 1.82) is 0 Å². The summed E-state index contributed by atoms with van der Waals surface area (Å²) in [5.74, 6) is -0.374. The molecule has 18 heavy (non-hydrogen) atoms.